The highest BCUT2D eigenvalue weighted by Gasteiger charge is 2.19. The number of hydrogen-bond donors (Lipinski definition) is 1. The third-order valence-electron chi connectivity index (χ3n) is 1.99. The van der Waals surface area contributed by atoms with Gasteiger partial charge in [-0.05, 0) is 39.5 Å². The molecule has 0 heterocycles. The van der Waals surface area contributed by atoms with Crippen LogP contribution in [0.1, 0.15) is 39.5 Å². The lowest BCUT2D eigenvalue weighted by Gasteiger charge is -2.15. The first-order valence-electron chi connectivity index (χ1n) is 4.74. The molecule has 0 atom stereocenters. The zero-order valence-corrected chi connectivity index (χ0v) is 9.02. The summed E-state index contributed by atoms with van der Waals surface area (Å²) in [5.41, 5.74) is 0. The second kappa shape index (κ2) is 4.24. The van der Waals surface area contributed by atoms with Gasteiger partial charge in [0.25, 0.3) is 0 Å². The second-order valence-electron chi connectivity index (χ2n) is 3.69. The van der Waals surface area contributed by atoms with Crippen molar-refractivity contribution in [1.82, 2.24) is 4.72 Å². The first-order chi connectivity index (χ1) is 6.02. The molecular weight excluding hydrogens is 186 g/mol. The Morgan fingerprint density at radius 2 is 2.08 bits per heavy atom. The number of allylic oxidation sites excluding steroid dienone is 2. The predicted molar refractivity (Wildman–Crippen MR) is 53.7 cm³/mol. The maximum Gasteiger partial charge on any atom is 0.236 e. The summed E-state index contributed by atoms with van der Waals surface area (Å²) >= 11 is 0. The molecule has 1 N–H and O–H groups in total. The van der Waals surface area contributed by atoms with Gasteiger partial charge in [0.2, 0.25) is 10.0 Å². The van der Waals surface area contributed by atoms with Gasteiger partial charge >= 0.3 is 0 Å². The summed E-state index contributed by atoms with van der Waals surface area (Å²) in [6, 6.07) is -0.0205. The zero-order chi connectivity index (χ0) is 9.90. The molecule has 3 nitrogen and oxygen atoms in total. The van der Waals surface area contributed by atoms with Crippen LogP contribution in [0.3, 0.4) is 0 Å². The number of hydrogen-bond acceptors (Lipinski definition) is 2. The Hall–Kier alpha value is -0.350. The van der Waals surface area contributed by atoms with Crippen LogP contribution in [0.25, 0.3) is 0 Å². The van der Waals surface area contributed by atoms with E-state index in [0.29, 0.717) is 11.3 Å². The molecule has 13 heavy (non-hydrogen) atoms. The van der Waals surface area contributed by atoms with E-state index in [1.165, 1.54) is 0 Å². The Morgan fingerprint density at radius 1 is 1.38 bits per heavy atom. The van der Waals surface area contributed by atoms with Gasteiger partial charge < -0.3 is 0 Å². The van der Waals surface area contributed by atoms with Gasteiger partial charge in [0.15, 0.2) is 0 Å². The van der Waals surface area contributed by atoms with Crippen molar-refractivity contribution in [1.29, 1.82) is 0 Å². The van der Waals surface area contributed by atoms with E-state index in [-0.39, 0.29) is 6.04 Å². The standard InChI is InChI=1S/C9H17NO2S/c1-8(2)10-13(11,12)9-6-4-3-5-7-9/h6,8,10H,3-5,7H2,1-2H3. The predicted octanol–water partition coefficient (Wildman–Crippen LogP) is 1.77. The maximum absolute atomic E-state index is 11.6. The molecule has 0 unspecified atom stereocenters. The van der Waals surface area contributed by atoms with Crippen molar-refractivity contribution in [2.45, 2.75) is 45.6 Å². The van der Waals surface area contributed by atoms with E-state index in [2.05, 4.69) is 4.72 Å². The Balaban J connectivity index is 2.74. The Labute approximate surface area is 80.3 Å². The Morgan fingerprint density at radius 3 is 2.54 bits per heavy atom. The van der Waals surface area contributed by atoms with Gasteiger partial charge in [0.05, 0.1) is 4.91 Å². The van der Waals surface area contributed by atoms with Crippen LogP contribution >= 0.6 is 0 Å². The van der Waals surface area contributed by atoms with Gasteiger partial charge in [0.1, 0.15) is 0 Å². The fourth-order valence-corrected chi connectivity index (χ4v) is 2.96. The summed E-state index contributed by atoms with van der Waals surface area (Å²) in [5.74, 6) is 0. The van der Waals surface area contributed by atoms with Gasteiger partial charge in [-0.15, -0.1) is 0 Å². The summed E-state index contributed by atoms with van der Waals surface area (Å²) in [4.78, 5) is 0.576. The normalized spacial score (nSPS) is 18.8. The summed E-state index contributed by atoms with van der Waals surface area (Å²) in [7, 11) is -3.17. The summed E-state index contributed by atoms with van der Waals surface area (Å²) < 4.78 is 25.8. The van der Waals surface area contributed by atoms with Crippen molar-refractivity contribution < 1.29 is 8.42 Å². The SMILES string of the molecule is CC(C)NS(=O)(=O)C1=CCCCC1. The van der Waals surface area contributed by atoms with Crippen LogP contribution in [0.4, 0.5) is 0 Å². The molecular formula is C9H17NO2S. The molecule has 0 fully saturated rings. The smallest absolute Gasteiger partial charge is 0.209 e. The highest BCUT2D eigenvalue weighted by Crippen LogP contribution is 2.21. The lowest BCUT2D eigenvalue weighted by molar-refractivity contribution is 0.570. The Bertz CT molecular complexity index is 291. The molecule has 0 aromatic heterocycles. The van der Waals surface area contributed by atoms with Gasteiger partial charge in [-0.1, -0.05) is 6.08 Å². The van der Waals surface area contributed by atoms with E-state index in [0.717, 1.165) is 19.3 Å². The van der Waals surface area contributed by atoms with E-state index < -0.39 is 10.0 Å². The molecule has 0 aromatic rings. The highest BCUT2D eigenvalue weighted by atomic mass is 32.2. The quantitative estimate of drug-likeness (QED) is 0.760. The Kier molecular flexibility index (Phi) is 3.50. The first-order valence-corrected chi connectivity index (χ1v) is 6.22. The lowest BCUT2D eigenvalue weighted by Crippen LogP contribution is -2.31. The number of sulfonamides is 1. The summed E-state index contributed by atoms with van der Waals surface area (Å²) in [5, 5.41) is 0. The van der Waals surface area contributed by atoms with Crippen LogP contribution in [0.15, 0.2) is 11.0 Å². The monoisotopic (exact) mass is 203 g/mol. The molecule has 0 aliphatic heterocycles. The van der Waals surface area contributed by atoms with E-state index in [4.69, 9.17) is 0 Å². The van der Waals surface area contributed by atoms with Crippen molar-refractivity contribution in [3.63, 3.8) is 0 Å². The molecule has 0 bridgehead atoms. The van der Waals surface area contributed by atoms with Crippen molar-refractivity contribution in [2.24, 2.45) is 0 Å². The highest BCUT2D eigenvalue weighted by molar-refractivity contribution is 7.93. The average Bonchev–Trinajstić information content (AvgIpc) is 2.04. The zero-order valence-electron chi connectivity index (χ0n) is 8.21. The van der Waals surface area contributed by atoms with Crippen molar-refractivity contribution in [3.8, 4) is 0 Å². The summed E-state index contributed by atoms with van der Waals surface area (Å²) in [6.45, 7) is 3.67. The molecule has 0 amide bonds. The molecule has 1 aliphatic carbocycles. The summed E-state index contributed by atoms with van der Waals surface area (Å²) in [6.07, 6.45) is 5.54. The largest absolute Gasteiger partial charge is 0.236 e. The van der Waals surface area contributed by atoms with Crippen LogP contribution in [0, 0.1) is 0 Å². The van der Waals surface area contributed by atoms with E-state index in [1.807, 2.05) is 19.9 Å². The first kappa shape index (κ1) is 10.7. The third kappa shape index (κ3) is 3.12. The maximum atomic E-state index is 11.6. The van der Waals surface area contributed by atoms with Crippen molar-refractivity contribution >= 4 is 10.0 Å². The molecule has 76 valence electrons. The molecule has 0 radical (unpaired) electrons. The molecule has 0 spiro atoms. The van der Waals surface area contributed by atoms with Gasteiger partial charge in [0, 0.05) is 6.04 Å². The lowest BCUT2D eigenvalue weighted by atomic mass is 10.1. The molecule has 4 heteroatoms. The number of nitrogens with one attached hydrogen (secondary N) is 1. The van der Waals surface area contributed by atoms with Crippen LogP contribution in [0.5, 0.6) is 0 Å². The molecule has 0 saturated heterocycles. The van der Waals surface area contributed by atoms with E-state index in [9.17, 15) is 8.42 Å². The van der Waals surface area contributed by atoms with Gasteiger partial charge in [-0.3, -0.25) is 0 Å². The van der Waals surface area contributed by atoms with Crippen LogP contribution < -0.4 is 4.72 Å². The van der Waals surface area contributed by atoms with Crippen LogP contribution in [-0.2, 0) is 10.0 Å². The van der Waals surface area contributed by atoms with Gasteiger partial charge in [-0.2, -0.15) is 0 Å². The van der Waals surface area contributed by atoms with Crippen molar-refractivity contribution in [3.05, 3.63) is 11.0 Å². The third-order valence-corrected chi connectivity index (χ3v) is 3.83. The van der Waals surface area contributed by atoms with Crippen LogP contribution in [0.2, 0.25) is 0 Å². The topological polar surface area (TPSA) is 46.2 Å². The minimum atomic E-state index is -3.17. The molecule has 0 aromatic carbocycles. The van der Waals surface area contributed by atoms with E-state index in [1.54, 1.807) is 0 Å². The van der Waals surface area contributed by atoms with Crippen molar-refractivity contribution in [2.75, 3.05) is 0 Å². The minimum Gasteiger partial charge on any atom is -0.209 e. The fourth-order valence-electron chi connectivity index (χ4n) is 1.44. The van der Waals surface area contributed by atoms with E-state index >= 15 is 0 Å². The second-order valence-corrected chi connectivity index (χ2v) is 5.46. The van der Waals surface area contributed by atoms with Crippen LogP contribution in [-0.4, -0.2) is 14.5 Å². The molecule has 1 aliphatic rings. The molecule has 0 saturated carbocycles. The fraction of sp³-hybridized carbons (Fsp3) is 0.778. The van der Waals surface area contributed by atoms with Gasteiger partial charge in [-0.25, -0.2) is 13.1 Å². The average molecular weight is 203 g/mol. The minimum absolute atomic E-state index is 0.0205. The number of rotatable bonds is 3. The molecule has 1 rings (SSSR count).